The highest BCUT2D eigenvalue weighted by Crippen LogP contribution is 2.28. The number of fused-ring (bicyclic) bond motifs is 1. The predicted molar refractivity (Wildman–Crippen MR) is 69.9 cm³/mol. The number of aromatic nitrogens is 1. The molecule has 1 aliphatic rings. The smallest absolute Gasteiger partial charge is 0.210 e. The Labute approximate surface area is 106 Å². The van der Waals surface area contributed by atoms with Gasteiger partial charge in [-0.2, -0.15) is 0 Å². The van der Waals surface area contributed by atoms with E-state index < -0.39 is 0 Å². The van der Waals surface area contributed by atoms with Gasteiger partial charge in [-0.25, -0.2) is 0 Å². The van der Waals surface area contributed by atoms with Crippen molar-refractivity contribution >= 4 is 6.41 Å². The molecule has 3 nitrogen and oxygen atoms in total. The van der Waals surface area contributed by atoms with Crippen LogP contribution in [0.25, 0.3) is 11.3 Å². The highest BCUT2D eigenvalue weighted by Gasteiger charge is 2.18. The largest absolute Gasteiger partial charge is 0.341 e. The number of carbonyl (C=O) groups is 1. The van der Waals surface area contributed by atoms with Crippen LogP contribution in [0.15, 0.2) is 42.6 Å². The second-order valence-corrected chi connectivity index (χ2v) is 4.48. The van der Waals surface area contributed by atoms with E-state index in [4.69, 9.17) is 0 Å². The minimum absolute atomic E-state index is 0.708. The summed E-state index contributed by atoms with van der Waals surface area (Å²) in [6, 6.07) is 12.2. The number of amides is 1. The molecule has 0 bridgehead atoms. The summed E-state index contributed by atoms with van der Waals surface area (Å²) in [6.07, 6.45) is 3.65. The van der Waals surface area contributed by atoms with Crippen molar-refractivity contribution in [1.29, 1.82) is 0 Å². The number of rotatable bonds is 2. The molecule has 1 aromatic heterocycles. The molecule has 18 heavy (non-hydrogen) atoms. The highest BCUT2D eigenvalue weighted by molar-refractivity contribution is 5.66. The highest BCUT2D eigenvalue weighted by atomic mass is 16.1. The van der Waals surface area contributed by atoms with Crippen LogP contribution in [0.2, 0.25) is 0 Å². The van der Waals surface area contributed by atoms with Gasteiger partial charge in [-0.15, -0.1) is 0 Å². The van der Waals surface area contributed by atoms with Gasteiger partial charge in [-0.05, 0) is 29.7 Å². The number of hydrogen-bond acceptors (Lipinski definition) is 2. The van der Waals surface area contributed by atoms with Gasteiger partial charge in [0, 0.05) is 24.8 Å². The Morgan fingerprint density at radius 2 is 2.11 bits per heavy atom. The third-order valence-corrected chi connectivity index (χ3v) is 3.39. The van der Waals surface area contributed by atoms with Gasteiger partial charge < -0.3 is 4.90 Å². The molecule has 2 heterocycles. The van der Waals surface area contributed by atoms with E-state index in [2.05, 4.69) is 17.1 Å². The van der Waals surface area contributed by atoms with E-state index in [1.165, 1.54) is 16.7 Å². The number of benzene rings is 1. The monoisotopic (exact) mass is 238 g/mol. The molecular weight excluding hydrogens is 224 g/mol. The molecule has 3 rings (SSSR count). The molecule has 3 heteroatoms. The van der Waals surface area contributed by atoms with Crippen molar-refractivity contribution in [2.75, 3.05) is 6.54 Å². The zero-order valence-corrected chi connectivity index (χ0v) is 10.0. The Morgan fingerprint density at radius 1 is 1.17 bits per heavy atom. The second kappa shape index (κ2) is 4.61. The Bertz CT molecular complexity index is 566. The predicted octanol–water partition coefficient (Wildman–Crippen LogP) is 2.26. The van der Waals surface area contributed by atoms with Crippen LogP contribution in [-0.4, -0.2) is 22.8 Å². The van der Waals surface area contributed by atoms with Crippen LogP contribution in [0.4, 0.5) is 0 Å². The minimum Gasteiger partial charge on any atom is -0.341 e. The molecule has 0 radical (unpaired) electrons. The van der Waals surface area contributed by atoms with Gasteiger partial charge in [0.1, 0.15) is 0 Å². The number of carbonyl (C=O) groups excluding carboxylic acids is 1. The maximum absolute atomic E-state index is 10.8. The van der Waals surface area contributed by atoms with Crippen molar-refractivity contribution < 1.29 is 4.79 Å². The first-order chi connectivity index (χ1) is 8.88. The fourth-order valence-corrected chi connectivity index (χ4v) is 2.48. The van der Waals surface area contributed by atoms with E-state index in [1.807, 2.05) is 35.4 Å². The molecule has 1 amide bonds. The molecule has 0 atom stereocenters. The van der Waals surface area contributed by atoms with Crippen molar-refractivity contribution in [3.8, 4) is 11.3 Å². The first-order valence-corrected chi connectivity index (χ1v) is 6.10. The summed E-state index contributed by atoms with van der Waals surface area (Å²) in [4.78, 5) is 17.1. The average Bonchev–Trinajstić information content (AvgIpc) is 2.47. The third kappa shape index (κ3) is 1.88. The van der Waals surface area contributed by atoms with Crippen molar-refractivity contribution in [3.05, 3.63) is 53.7 Å². The molecule has 0 spiro atoms. The van der Waals surface area contributed by atoms with Crippen molar-refractivity contribution in [3.63, 3.8) is 0 Å². The first-order valence-electron chi connectivity index (χ1n) is 6.10. The lowest BCUT2D eigenvalue weighted by Gasteiger charge is -2.26. The molecule has 0 unspecified atom stereocenters. The van der Waals surface area contributed by atoms with Crippen LogP contribution in [0, 0.1) is 0 Å². The van der Waals surface area contributed by atoms with Gasteiger partial charge in [0.15, 0.2) is 0 Å². The molecule has 1 aliphatic heterocycles. The van der Waals surface area contributed by atoms with Crippen molar-refractivity contribution in [2.24, 2.45) is 0 Å². The summed E-state index contributed by atoms with van der Waals surface area (Å²) in [7, 11) is 0. The van der Waals surface area contributed by atoms with Crippen LogP contribution in [-0.2, 0) is 17.8 Å². The lowest BCUT2D eigenvalue weighted by atomic mass is 9.93. The first kappa shape index (κ1) is 11.0. The van der Waals surface area contributed by atoms with E-state index in [0.717, 1.165) is 25.1 Å². The normalized spacial score (nSPS) is 14.1. The van der Waals surface area contributed by atoms with E-state index in [1.54, 1.807) is 0 Å². The standard InChI is InChI=1S/C15H14N2O/c18-11-17-9-7-13-12(10-17)4-3-5-14(13)15-6-1-2-8-16-15/h1-6,8,11H,7,9-10H2. The molecule has 0 saturated carbocycles. The zero-order valence-electron chi connectivity index (χ0n) is 10.0. The van der Waals surface area contributed by atoms with Crippen molar-refractivity contribution in [2.45, 2.75) is 13.0 Å². The lowest BCUT2D eigenvalue weighted by molar-refractivity contribution is -0.118. The Morgan fingerprint density at radius 3 is 2.89 bits per heavy atom. The van der Waals surface area contributed by atoms with Crippen LogP contribution in [0.1, 0.15) is 11.1 Å². The minimum atomic E-state index is 0.708. The molecule has 2 aromatic rings. The zero-order chi connectivity index (χ0) is 12.4. The summed E-state index contributed by atoms with van der Waals surface area (Å²) >= 11 is 0. The maximum atomic E-state index is 10.8. The van der Waals surface area contributed by atoms with Crippen molar-refractivity contribution in [1.82, 2.24) is 9.88 Å². The Hall–Kier alpha value is -2.16. The fraction of sp³-hybridized carbons (Fsp3) is 0.200. The molecule has 0 aliphatic carbocycles. The van der Waals surface area contributed by atoms with Gasteiger partial charge in [-0.3, -0.25) is 9.78 Å². The van der Waals surface area contributed by atoms with E-state index >= 15 is 0 Å². The van der Waals surface area contributed by atoms with E-state index in [-0.39, 0.29) is 0 Å². The lowest BCUT2D eigenvalue weighted by Crippen LogP contribution is -2.29. The molecule has 0 saturated heterocycles. The van der Waals surface area contributed by atoms with Gasteiger partial charge in [0.2, 0.25) is 6.41 Å². The second-order valence-electron chi connectivity index (χ2n) is 4.48. The summed E-state index contributed by atoms with van der Waals surface area (Å²) < 4.78 is 0. The summed E-state index contributed by atoms with van der Waals surface area (Å²) in [6.45, 7) is 1.50. The van der Waals surface area contributed by atoms with Gasteiger partial charge in [0.05, 0.1) is 5.69 Å². The van der Waals surface area contributed by atoms with Gasteiger partial charge in [-0.1, -0.05) is 24.3 Å². The van der Waals surface area contributed by atoms with Gasteiger partial charge in [0.25, 0.3) is 0 Å². The topological polar surface area (TPSA) is 33.2 Å². The van der Waals surface area contributed by atoms with Crippen LogP contribution in [0.5, 0.6) is 0 Å². The quantitative estimate of drug-likeness (QED) is 0.752. The third-order valence-electron chi connectivity index (χ3n) is 3.39. The summed E-state index contributed by atoms with van der Waals surface area (Å²) in [5.41, 5.74) is 4.76. The average molecular weight is 238 g/mol. The van der Waals surface area contributed by atoms with E-state index in [9.17, 15) is 4.79 Å². The summed E-state index contributed by atoms with van der Waals surface area (Å²) in [5, 5.41) is 0. The SMILES string of the molecule is O=CN1CCc2c(cccc2-c2ccccn2)C1. The van der Waals surface area contributed by atoms with Crippen LogP contribution in [0.3, 0.4) is 0 Å². The fourth-order valence-electron chi connectivity index (χ4n) is 2.48. The Kier molecular flexibility index (Phi) is 2.81. The van der Waals surface area contributed by atoms with Crippen LogP contribution < -0.4 is 0 Å². The molecule has 1 aromatic carbocycles. The number of pyridine rings is 1. The summed E-state index contributed by atoms with van der Waals surface area (Å²) in [5.74, 6) is 0. The number of nitrogens with zero attached hydrogens (tertiary/aromatic N) is 2. The maximum Gasteiger partial charge on any atom is 0.210 e. The van der Waals surface area contributed by atoms with E-state index in [0.29, 0.717) is 6.54 Å². The Balaban J connectivity index is 2.06. The molecule has 0 N–H and O–H groups in total. The number of hydrogen-bond donors (Lipinski definition) is 0. The molecular formula is C15H14N2O. The van der Waals surface area contributed by atoms with Gasteiger partial charge >= 0.3 is 0 Å². The molecule has 0 fully saturated rings. The molecule has 90 valence electrons. The van der Waals surface area contributed by atoms with Crippen LogP contribution >= 0.6 is 0 Å².